The van der Waals surface area contributed by atoms with Gasteiger partial charge in [0.1, 0.15) is 12.3 Å². The lowest BCUT2D eigenvalue weighted by Crippen LogP contribution is -2.59. The van der Waals surface area contributed by atoms with Gasteiger partial charge in [-0.1, -0.05) is 25.0 Å². The molecular formula is C25H37N3O4. The first kappa shape index (κ1) is 23.0. The second-order valence-electron chi connectivity index (χ2n) is 11.1. The van der Waals surface area contributed by atoms with Crippen molar-refractivity contribution in [3.63, 3.8) is 0 Å². The SMILES string of the molecule is CC(=O)[C@@]1(OC(=O)CN=C(N)N)CCC2C3CC(C)=C4CC(=O)CCC4(C)C3CCC21C. The summed E-state index contributed by atoms with van der Waals surface area (Å²) in [6.07, 6.45) is 6.40. The summed E-state index contributed by atoms with van der Waals surface area (Å²) in [5, 5.41) is 0. The van der Waals surface area contributed by atoms with Crippen LogP contribution < -0.4 is 11.5 Å². The Hall–Kier alpha value is -2.18. The van der Waals surface area contributed by atoms with E-state index in [9.17, 15) is 14.4 Å². The number of hydrogen-bond donors (Lipinski definition) is 2. The van der Waals surface area contributed by atoms with Crippen molar-refractivity contribution in [2.75, 3.05) is 6.54 Å². The third kappa shape index (κ3) is 3.22. The summed E-state index contributed by atoms with van der Waals surface area (Å²) in [5.41, 5.74) is 12.0. The Kier molecular flexibility index (Phi) is 5.53. The topological polar surface area (TPSA) is 125 Å². The molecule has 4 N–H and O–H groups in total. The lowest BCUT2D eigenvalue weighted by Gasteiger charge is -2.59. The van der Waals surface area contributed by atoms with Crippen LogP contribution in [0.2, 0.25) is 0 Å². The number of rotatable bonds is 4. The van der Waals surface area contributed by atoms with Crippen LogP contribution in [0.15, 0.2) is 16.1 Å². The van der Waals surface area contributed by atoms with Gasteiger partial charge >= 0.3 is 5.97 Å². The number of nitrogens with two attached hydrogens (primary N) is 2. The Balaban J connectivity index is 1.67. The van der Waals surface area contributed by atoms with Gasteiger partial charge in [0.15, 0.2) is 17.3 Å². The average molecular weight is 444 g/mol. The smallest absolute Gasteiger partial charge is 0.328 e. The molecule has 5 unspecified atom stereocenters. The number of guanidine groups is 1. The highest BCUT2D eigenvalue weighted by Crippen LogP contribution is 2.68. The van der Waals surface area contributed by atoms with Gasteiger partial charge in [-0.25, -0.2) is 4.99 Å². The lowest BCUT2D eigenvalue weighted by molar-refractivity contribution is -0.187. The van der Waals surface area contributed by atoms with Crippen LogP contribution in [0.25, 0.3) is 0 Å². The van der Waals surface area contributed by atoms with E-state index in [4.69, 9.17) is 16.2 Å². The van der Waals surface area contributed by atoms with E-state index < -0.39 is 17.0 Å². The zero-order valence-corrected chi connectivity index (χ0v) is 19.8. The highest BCUT2D eigenvalue weighted by molar-refractivity contribution is 5.90. The van der Waals surface area contributed by atoms with E-state index in [1.54, 1.807) is 6.92 Å². The highest BCUT2D eigenvalue weighted by atomic mass is 16.6. The van der Waals surface area contributed by atoms with Crippen molar-refractivity contribution in [2.45, 2.75) is 84.7 Å². The molecule has 7 nitrogen and oxygen atoms in total. The van der Waals surface area contributed by atoms with E-state index in [2.05, 4.69) is 25.8 Å². The zero-order chi connectivity index (χ0) is 23.5. The maximum absolute atomic E-state index is 13.0. The number of fused-ring (bicyclic) bond motifs is 5. The molecule has 0 amide bonds. The van der Waals surface area contributed by atoms with Crippen LogP contribution in [0.1, 0.15) is 79.1 Å². The molecule has 176 valence electrons. The second kappa shape index (κ2) is 7.70. The van der Waals surface area contributed by atoms with Gasteiger partial charge in [-0.2, -0.15) is 0 Å². The van der Waals surface area contributed by atoms with Crippen LogP contribution in [0.5, 0.6) is 0 Å². The fraction of sp³-hybridized carbons (Fsp3) is 0.760. The summed E-state index contributed by atoms with van der Waals surface area (Å²) in [6.45, 7) is 7.97. The average Bonchev–Trinajstić information content (AvgIpc) is 3.01. The monoisotopic (exact) mass is 443 g/mol. The molecule has 0 heterocycles. The summed E-state index contributed by atoms with van der Waals surface area (Å²) in [4.78, 5) is 41.6. The summed E-state index contributed by atoms with van der Waals surface area (Å²) in [6, 6.07) is 0. The lowest BCUT2D eigenvalue weighted by atomic mass is 9.46. The third-order valence-electron chi connectivity index (χ3n) is 9.67. The zero-order valence-electron chi connectivity index (χ0n) is 19.8. The molecule has 4 aliphatic rings. The third-order valence-corrected chi connectivity index (χ3v) is 9.67. The number of carbonyl (C=O) groups is 3. The molecule has 0 bridgehead atoms. The van der Waals surface area contributed by atoms with E-state index in [-0.39, 0.29) is 23.7 Å². The number of ketones is 2. The molecule has 3 fully saturated rings. The number of esters is 1. The molecular weight excluding hydrogens is 406 g/mol. The quantitative estimate of drug-likeness (QED) is 0.298. The van der Waals surface area contributed by atoms with E-state index in [0.717, 1.165) is 32.1 Å². The van der Waals surface area contributed by atoms with E-state index in [1.165, 1.54) is 11.1 Å². The van der Waals surface area contributed by atoms with Crippen molar-refractivity contribution in [1.29, 1.82) is 0 Å². The number of ether oxygens (including phenoxy) is 1. The minimum Gasteiger partial charge on any atom is -0.449 e. The number of nitrogens with zero attached hydrogens (tertiary/aromatic N) is 1. The van der Waals surface area contributed by atoms with Crippen LogP contribution in [0, 0.1) is 28.6 Å². The highest BCUT2D eigenvalue weighted by Gasteiger charge is 2.68. The molecule has 0 aliphatic heterocycles. The van der Waals surface area contributed by atoms with Gasteiger partial charge in [-0.3, -0.25) is 14.4 Å². The van der Waals surface area contributed by atoms with E-state index in [0.29, 0.717) is 42.8 Å². The number of Topliss-reactive ketones (excluding diaryl/α,β-unsaturated/α-hetero) is 2. The number of carbonyl (C=O) groups excluding carboxylic acids is 3. The number of allylic oxidation sites excluding steroid dienone is 2. The molecule has 4 rings (SSSR count). The molecule has 0 saturated heterocycles. The number of hydrogen-bond acceptors (Lipinski definition) is 5. The molecule has 3 saturated carbocycles. The maximum atomic E-state index is 13.0. The van der Waals surface area contributed by atoms with Crippen molar-refractivity contribution in [3.8, 4) is 0 Å². The molecule has 0 aromatic heterocycles. The molecule has 32 heavy (non-hydrogen) atoms. The number of aliphatic imine (C=N–C) groups is 1. The molecule has 6 atom stereocenters. The molecule has 4 aliphatic carbocycles. The Morgan fingerprint density at radius 2 is 1.81 bits per heavy atom. The van der Waals surface area contributed by atoms with Crippen LogP contribution >= 0.6 is 0 Å². The van der Waals surface area contributed by atoms with E-state index >= 15 is 0 Å². The van der Waals surface area contributed by atoms with E-state index in [1.807, 2.05) is 0 Å². The van der Waals surface area contributed by atoms with Gasteiger partial charge in [0.25, 0.3) is 0 Å². The van der Waals surface area contributed by atoms with Crippen molar-refractivity contribution in [1.82, 2.24) is 0 Å². The summed E-state index contributed by atoms with van der Waals surface area (Å²) in [5.74, 6) is 0.789. The van der Waals surface area contributed by atoms with Gasteiger partial charge in [0, 0.05) is 18.3 Å². The molecule has 0 spiro atoms. The first-order valence-corrected chi connectivity index (χ1v) is 11.9. The molecule has 7 heteroatoms. The Morgan fingerprint density at radius 3 is 2.47 bits per heavy atom. The predicted octanol–water partition coefficient (Wildman–Crippen LogP) is 3.05. The predicted molar refractivity (Wildman–Crippen MR) is 122 cm³/mol. The van der Waals surface area contributed by atoms with Crippen LogP contribution in [0.4, 0.5) is 0 Å². The summed E-state index contributed by atoms with van der Waals surface area (Å²) >= 11 is 0. The fourth-order valence-corrected chi connectivity index (χ4v) is 8.12. The minimum absolute atomic E-state index is 0.0633. The summed E-state index contributed by atoms with van der Waals surface area (Å²) in [7, 11) is 0. The molecule has 0 radical (unpaired) electrons. The van der Waals surface area contributed by atoms with Gasteiger partial charge < -0.3 is 16.2 Å². The van der Waals surface area contributed by atoms with Gasteiger partial charge in [-0.15, -0.1) is 0 Å². The van der Waals surface area contributed by atoms with Crippen molar-refractivity contribution in [2.24, 2.45) is 45.0 Å². The second-order valence-corrected chi connectivity index (χ2v) is 11.1. The normalized spacial score (nSPS) is 40.8. The standard InChI is InChI=1S/C25H37N3O4/c1-14-11-17-18(23(3)8-5-16(30)12-20(14)23)6-9-24(4)19(17)7-10-25(24,15(2)29)32-21(31)13-28-22(26)27/h17-19H,5-13H2,1-4H3,(H4,26,27,28)/t17?,18?,19?,23?,24?,25-/m0/s1. The van der Waals surface area contributed by atoms with Crippen LogP contribution in [-0.2, 0) is 19.1 Å². The first-order chi connectivity index (χ1) is 14.9. The first-order valence-electron chi connectivity index (χ1n) is 11.9. The Labute approximate surface area is 190 Å². The van der Waals surface area contributed by atoms with Crippen molar-refractivity contribution < 1.29 is 19.1 Å². The van der Waals surface area contributed by atoms with Gasteiger partial charge in [-0.05, 0) is 75.5 Å². The maximum Gasteiger partial charge on any atom is 0.328 e. The van der Waals surface area contributed by atoms with Crippen molar-refractivity contribution in [3.05, 3.63) is 11.1 Å². The largest absolute Gasteiger partial charge is 0.449 e. The van der Waals surface area contributed by atoms with Gasteiger partial charge in [0.05, 0.1) is 0 Å². The van der Waals surface area contributed by atoms with Gasteiger partial charge in [0.2, 0.25) is 0 Å². The van der Waals surface area contributed by atoms with Crippen LogP contribution in [0.3, 0.4) is 0 Å². The fourth-order valence-electron chi connectivity index (χ4n) is 8.12. The van der Waals surface area contributed by atoms with Crippen molar-refractivity contribution >= 4 is 23.5 Å². The van der Waals surface area contributed by atoms with Crippen LogP contribution in [-0.4, -0.2) is 35.6 Å². The Bertz CT molecular complexity index is 920. The molecule has 0 aromatic rings. The minimum atomic E-state index is -1.13. The summed E-state index contributed by atoms with van der Waals surface area (Å²) < 4.78 is 5.97. The molecule has 0 aromatic carbocycles. The Morgan fingerprint density at radius 1 is 1.12 bits per heavy atom.